The monoisotopic (exact) mass is 339 g/mol. The Morgan fingerprint density at radius 1 is 1.25 bits per heavy atom. The zero-order valence-corrected chi connectivity index (χ0v) is 13.6. The third-order valence-corrected chi connectivity index (χ3v) is 4.40. The van der Waals surface area contributed by atoms with Crippen molar-refractivity contribution in [3.05, 3.63) is 45.9 Å². The van der Waals surface area contributed by atoms with Gasteiger partial charge in [0.25, 0.3) is 0 Å². The van der Waals surface area contributed by atoms with Gasteiger partial charge in [0.2, 0.25) is 0 Å². The van der Waals surface area contributed by atoms with E-state index in [-0.39, 0.29) is 5.82 Å². The molecule has 1 aromatic heterocycles. The number of hydrogen-bond acceptors (Lipinski definition) is 2. The first-order chi connectivity index (χ1) is 9.56. The molecule has 1 aromatic carbocycles. The van der Waals surface area contributed by atoms with Gasteiger partial charge in [-0.2, -0.15) is 5.10 Å². The first-order valence-electron chi connectivity index (χ1n) is 6.79. The molecule has 0 saturated carbocycles. The van der Waals surface area contributed by atoms with Crippen LogP contribution in [0.3, 0.4) is 0 Å². The number of aromatic nitrogens is 2. The molecule has 108 valence electrons. The van der Waals surface area contributed by atoms with Crippen LogP contribution in [0, 0.1) is 12.7 Å². The smallest absolute Gasteiger partial charge is 0.123 e. The predicted octanol–water partition coefficient (Wildman–Crippen LogP) is 4.14. The van der Waals surface area contributed by atoms with E-state index >= 15 is 0 Å². The van der Waals surface area contributed by atoms with E-state index in [2.05, 4.69) is 39.8 Å². The van der Waals surface area contributed by atoms with E-state index in [0.717, 1.165) is 41.2 Å². The summed E-state index contributed by atoms with van der Waals surface area (Å²) in [5.74, 6) is -0.208. The summed E-state index contributed by atoms with van der Waals surface area (Å²) in [7, 11) is 0. The summed E-state index contributed by atoms with van der Waals surface area (Å²) < 4.78 is 16.1. The maximum Gasteiger partial charge on any atom is 0.123 e. The molecular formula is C15H19BrFN3. The molecule has 0 atom stereocenters. The van der Waals surface area contributed by atoms with Crippen LogP contribution in [0.15, 0.2) is 28.7 Å². The van der Waals surface area contributed by atoms with Crippen LogP contribution in [-0.2, 0) is 13.1 Å². The minimum atomic E-state index is -0.208. The van der Waals surface area contributed by atoms with Gasteiger partial charge < -0.3 is 4.90 Å². The van der Waals surface area contributed by atoms with E-state index in [1.54, 1.807) is 0 Å². The average molecular weight is 340 g/mol. The summed E-state index contributed by atoms with van der Waals surface area (Å²) in [5.41, 5.74) is 3.16. The Morgan fingerprint density at radius 2 is 1.90 bits per heavy atom. The Balaban J connectivity index is 2.28. The second kappa shape index (κ2) is 6.39. The van der Waals surface area contributed by atoms with Crippen molar-refractivity contribution in [2.24, 2.45) is 0 Å². The van der Waals surface area contributed by atoms with E-state index < -0.39 is 0 Å². The molecule has 0 aliphatic heterocycles. The Bertz CT molecular complexity index is 578. The number of rotatable bonds is 5. The van der Waals surface area contributed by atoms with Crippen LogP contribution < -0.4 is 4.90 Å². The summed E-state index contributed by atoms with van der Waals surface area (Å²) in [6.07, 6.45) is 0. The Labute approximate surface area is 127 Å². The van der Waals surface area contributed by atoms with Gasteiger partial charge in [-0.25, -0.2) is 4.39 Å². The molecule has 2 rings (SSSR count). The van der Waals surface area contributed by atoms with E-state index in [9.17, 15) is 4.39 Å². The third-order valence-electron chi connectivity index (χ3n) is 3.37. The molecule has 0 unspecified atom stereocenters. The van der Waals surface area contributed by atoms with Gasteiger partial charge in [0, 0.05) is 18.8 Å². The maximum absolute atomic E-state index is 13.0. The lowest BCUT2D eigenvalue weighted by atomic mass is 10.2. The van der Waals surface area contributed by atoms with Crippen LogP contribution in [-0.4, -0.2) is 16.3 Å². The van der Waals surface area contributed by atoms with E-state index in [1.807, 2.05) is 23.7 Å². The van der Waals surface area contributed by atoms with Crippen molar-refractivity contribution in [2.45, 2.75) is 33.9 Å². The molecule has 0 N–H and O–H groups in total. The number of anilines is 1. The molecule has 0 saturated heterocycles. The Kier molecular flexibility index (Phi) is 4.81. The first-order valence-corrected chi connectivity index (χ1v) is 7.58. The quantitative estimate of drug-likeness (QED) is 0.816. The fourth-order valence-corrected chi connectivity index (χ4v) is 2.65. The van der Waals surface area contributed by atoms with Gasteiger partial charge in [-0.05, 0) is 61.0 Å². The molecule has 20 heavy (non-hydrogen) atoms. The number of benzene rings is 1. The van der Waals surface area contributed by atoms with Crippen molar-refractivity contribution in [3.63, 3.8) is 0 Å². The van der Waals surface area contributed by atoms with Crippen LogP contribution in [0.4, 0.5) is 10.1 Å². The molecular weight excluding hydrogens is 321 g/mol. The second-order valence-corrected chi connectivity index (χ2v) is 5.45. The topological polar surface area (TPSA) is 21.1 Å². The summed E-state index contributed by atoms with van der Waals surface area (Å²) in [4.78, 5) is 2.20. The second-order valence-electron chi connectivity index (χ2n) is 4.65. The maximum atomic E-state index is 13.0. The van der Waals surface area contributed by atoms with Crippen LogP contribution in [0.1, 0.15) is 25.2 Å². The molecule has 0 radical (unpaired) electrons. The molecule has 1 heterocycles. The third kappa shape index (κ3) is 3.03. The number of halogens is 2. The average Bonchev–Trinajstić information content (AvgIpc) is 2.73. The minimum absolute atomic E-state index is 0.208. The van der Waals surface area contributed by atoms with Gasteiger partial charge in [-0.3, -0.25) is 4.68 Å². The lowest BCUT2D eigenvalue weighted by Crippen LogP contribution is -2.24. The first kappa shape index (κ1) is 15.0. The van der Waals surface area contributed by atoms with Crippen molar-refractivity contribution in [3.8, 4) is 0 Å². The Morgan fingerprint density at radius 3 is 2.45 bits per heavy atom. The lowest BCUT2D eigenvalue weighted by Gasteiger charge is -2.23. The highest BCUT2D eigenvalue weighted by molar-refractivity contribution is 9.10. The number of aryl methyl sites for hydroxylation is 2. The van der Waals surface area contributed by atoms with Crippen molar-refractivity contribution < 1.29 is 4.39 Å². The summed E-state index contributed by atoms with van der Waals surface area (Å²) in [6, 6.07) is 6.61. The molecule has 5 heteroatoms. The van der Waals surface area contributed by atoms with E-state index in [0.29, 0.717) is 0 Å². The summed E-state index contributed by atoms with van der Waals surface area (Å²) in [6.45, 7) is 8.60. The highest BCUT2D eigenvalue weighted by Gasteiger charge is 2.15. The zero-order chi connectivity index (χ0) is 14.7. The van der Waals surface area contributed by atoms with Gasteiger partial charge in [0.05, 0.1) is 22.4 Å². The SMILES string of the molecule is CCN(Cc1c(Br)c(C)nn1CC)c1ccc(F)cc1. The van der Waals surface area contributed by atoms with Gasteiger partial charge in [0.1, 0.15) is 5.82 Å². The molecule has 0 bridgehead atoms. The fraction of sp³-hybridized carbons (Fsp3) is 0.400. The van der Waals surface area contributed by atoms with Crippen LogP contribution in [0.25, 0.3) is 0 Å². The van der Waals surface area contributed by atoms with E-state index in [1.165, 1.54) is 12.1 Å². The molecule has 0 amide bonds. The van der Waals surface area contributed by atoms with Crippen molar-refractivity contribution in [2.75, 3.05) is 11.4 Å². The molecule has 0 aliphatic carbocycles. The highest BCUT2D eigenvalue weighted by Crippen LogP contribution is 2.25. The van der Waals surface area contributed by atoms with Gasteiger partial charge in [-0.1, -0.05) is 0 Å². The number of hydrogen-bond donors (Lipinski definition) is 0. The number of nitrogens with zero attached hydrogens (tertiary/aromatic N) is 3. The van der Waals surface area contributed by atoms with Crippen molar-refractivity contribution in [1.82, 2.24) is 9.78 Å². The molecule has 0 aliphatic rings. The fourth-order valence-electron chi connectivity index (χ4n) is 2.24. The Hall–Kier alpha value is -1.36. The molecule has 3 nitrogen and oxygen atoms in total. The van der Waals surface area contributed by atoms with E-state index in [4.69, 9.17) is 0 Å². The van der Waals surface area contributed by atoms with Gasteiger partial charge in [-0.15, -0.1) is 0 Å². The van der Waals surface area contributed by atoms with Gasteiger partial charge >= 0.3 is 0 Å². The molecule has 0 fully saturated rings. The van der Waals surface area contributed by atoms with Crippen LogP contribution in [0.5, 0.6) is 0 Å². The largest absolute Gasteiger partial charge is 0.366 e. The molecule has 0 spiro atoms. The van der Waals surface area contributed by atoms with Crippen molar-refractivity contribution >= 4 is 21.6 Å². The standard InChI is InChI=1S/C15H19BrFN3/c1-4-19(13-8-6-12(17)7-9-13)10-14-15(16)11(3)18-20(14)5-2/h6-9H,4-5,10H2,1-3H3. The minimum Gasteiger partial charge on any atom is -0.366 e. The normalized spacial score (nSPS) is 10.8. The molecule has 2 aromatic rings. The predicted molar refractivity (Wildman–Crippen MR) is 83.5 cm³/mol. The summed E-state index contributed by atoms with van der Waals surface area (Å²) >= 11 is 3.61. The van der Waals surface area contributed by atoms with Crippen LogP contribution in [0.2, 0.25) is 0 Å². The van der Waals surface area contributed by atoms with Crippen LogP contribution >= 0.6 is 15.9 Å². The highest BCUT2D eigenvalue weighted by atomic mass is 79.9. The lowest BCUT2D eigenvalue weighted by molar-refractivity contribution is 0.606. The summed E-state index contributed by atoms with van der Waals surface area (Å²) in [5, 5.41) is 4.51. The zero-order valence-electron chi connectivity index (χ0n) is 12.0. The van der Waals surface area contributed by atoms with Gasteiger partial charge in [0.15, 0.2) is 0 Å². The van der Waals surface area contributed by atoms with Crippen molar-refractivity contribution in [1.29, 1.82) is 0 Å².